The summed E-state index contributed by atoms with van der Waals surface area (Å²) in [5.74, 6) is 0. The molecule has 0 amide bonds. The third kappa shape index (κ3) is 6.05. The lowest BCUT2D eigenvalue weighted by molar-refractivity contribution is 1.58. The van der Waals surface area contributed by atoms with Gasteiger partial charge in [-0.2, -0.15) is 0 Å². The molecule has 0 bridgehead atoms. The third-order valence-electron chi connectivity index (χ3n) is 1.65. The van der Waals surface area contributed by atoms with Crippen LogP contribution in [0.25, 0.3) is 0 Å². The molecule has 0 saturated heterocycles. The van der Waals surface area contributed by atoms with E-state index in [0.717, 1.165) is 0 Å². The first-order chi connectivity index (χ1) is 5.67. The van der Waals surface area contributed by atoms with Gasteiger partial charge in [0, 0.05) is 0 Å². The minimum atomic E-state index is -1.17. The molecule has 0 aromatic rings. The fourth-order valence-electron chi connectivity index (χ4n) is 1.05. The van der Waals surface area contributed by atoms with Crippen LogP contribution in [-0.2, 0) is 0 Å². The van der Waals surface area contributed by atoms with Crippen LogP contribution in [0.1, 0.15) is 6.92 Å². The first kappa shape index (κ1) is 12.9. The molecule has 0 aliphatic carbocycles. The highest BCUT2D eigenvalue weighted by molar-refractivity contribution is 6.87. The lowest BCUT2D eigenvalue weighted by Gasteiger charge is -2.21. The van der Waals surface area contributed by atoms with Crippen LogP contribution in [-0.4, -0.2) is 16.1 Å². The van der Waals surface area contributed by atoms with Crippen LogP contribution < -0.4 is 0 Å². The van der Waals surface area contributed by atoms with Gasteiger partial charge in [0.15, 0.2) is 0 Å². The van der Waals surface area contributed by atoms with E-state index in [-0.39, 0.29) is 0 Å². The quantitative estimate of drug-likeness (QED) is 0.488. The van der Waals surface area contributed by atoms with Gasteiger partial charge in [-0.05, 0) is 6.92 Å². The van der Waals surface area contributed by atoms with Gasteiger partial charge >= 0.3 is 0 Å². The Morgan fingerprint density at radius 3 is 1.69 bits per heavy atom. The summed E-state index contributed by atoms with van der Waals surface area (Å²) < 4.78 is 0. The van der Waals surface area contributed by atoms with Crippen molar-refractivity contribution in [2.24, 2.45) is 0 Å². The average molecular weight is 211 g/mol. The highest BCUT2D eigenvalue weighted by atomic mass is 28.3. The van der Waals surface area contributed by atoms with Crippen LogP contribution in [0, 0.1) is 5.70 Å². The summed E-state index contributed by atoms with van der Waals surface area (Å²) >= 11 is 0. The van der Waals surface area contributed by atoms with E-state index in [1.807, 2.05) is 0 Å². The number of rotatable bonds is 3. The highest BCUT2D eigenvalue weighted by Crippen LogP contribution is 2.18. The molecule has 75 valence electrons. The summed E-state index contributed by atoms with van der Waals surface area (Å²) in [5.41, 5.74) is 3.73. The SMILES string of the molecule is CC=C/C(=[C]/[Si](C)(C)C)[Si](C)(C)C. The summed E-state index contributed by atoms with van der Waals surface area (Å²) in [5, 5.41) is 1.49. The van der Waals surface area contributed by atoms with Crippen molar-refractivity contribution in [1.29, 1.82) is 0 Å². The maximum absolute atomic E-state index is 3.73. The van der Waals surface area contributed by atoms with Crippen molar-refractivity contribution in [1.82, 2.24) is 0 Å². The van der Waals surface area contributed by atoms with Crippen LogP contribution in [0.4, 0.5) is 0 Å². The predicted molar refractivity (Wildman–Crippen MR) is 68.3 cm³/mol. The zero-order valence-electron chi connectivity index (χ0n) is 10.2. The summed E-state index contributed by atoms with van der Waals surface area (Å²) in [6, 6.07) is 0. The summed E-state index contributed by atoms with van der Waals surface area (Å²) in [4.78, 5) is 0. The predicted octanol–water partition coefficient (Wildman–Crippen LogP) is 4.05. The van der Waals surface area contributed by atoms with E-state index in [2.05, 4.69) is 64.1 Å². The smallest absolute Gasteiger partial charge is 0.0774 e. The van der Waals surface area contributed by atoms with E-state index < -0.39 is 16.1 Å². The van der Waals surface area contributed by atoms with E-state index in [9.17, 15) is 0 Å². The van der Waals surface area contributed by atoms with Gasteiger partial charge in [0.05, 0.1) is 16.1 Å². The van der Waals surface area contributed by atoms with Gasteiger partial charge < -0.3 is 0 Å². The molecule has 0 N–H and O–H groups in total. The van der Waals surface area contributed by atoms with E-state index in [1.54, 1.807) is 0 Å². The number of hydrogen-bond donors (Lipinski definition) is 0. The zero-order valence-corrected chi connectivity index (χ0v) is 12.2. The Balaban J connectivity index is 4.94. The standard InChI is InChI=1S/C11H23Si2/c1-8-9-11(13(5,6)7)10-12(2,3)4/h8-9H,1-7H3. The molecule has 0 aromatic carbocycles. The van der Waals surface area contributed by atoms with E-state index in [0.29, 0.717) is 0 Å². The van der Waals surface area contributed by atoms with Crippen molar-refractivity contribution in [2.45, 2.75) is 46.2 Å². The highest BCUT2D eigenvalue weighted by Gasteiger charge is 2.20. The maximum Gasteiger partial charge on any atom is 0.0774 e. The Kier molecular flexibility index (Phi) is 4.39. The Bertz CT molecular complexity index is 211. The van der Waals surface area contributed by atoms with Crippen molar-refractivity contribution < 1.29 is 0 Å². The summed E-state index contributed by atoms with van der Waals surface area (Å²) in [6.45, 7) is 16.3. The molecule has 0 fully saturated rings. The van der Waals surface area contributed by atoms with Crippen LogP contribution >= 0.6 is 0 Å². The molecule has 0 unspecified atom stereocenters. The first-order valence-corrected chi connectivity index (χ1v) is 11.9. The third-order valence-corrected chi connectivity index (χ3v) is 4.83. The van der Waals surface area contributed by atoms with E-state index >= 15 is 0 Å². The minimum absolute atomic E-state index is 1.16. The second kappa shape index (κ2) is 4.42. The van der Waals surface area contributed by atoms with E-state index in [1.165, 1.54) is 5.20 Å². The summed E-state index contributed by atoms with van der Waals surface area (Å²) in [7, 11) is -2.33. The Morgan fingerprint density at radius 1 is 1.00 bits per heavy atom. The van der Waals surface area contributed by atoms with Gasteiger partial charge in [0.2, 0.25) is 0 Å². The van der Waals surface area contributed by atoms with Gasteiger partial charge in [-0.1, -0.05) is 62.3 Å². The Labute approximate surface area is 85.8 Å². The molecule has 0 saturated carbocycles. The fraction of sp³-hybridized carbons (Fsp3) is 0.636. The van der Waals surface area contributed by atoms with Gasteiger partial charge in [-0.3, -0.25) is 0 Å². The second-order valence-corrected chi connectivity index (χ2v) is 15.3. The molecule has 0 aliphatic rings. The van der Waals surface area contributed by atoms with Crippen LogP contribution in [0.5, 0.6) is 0 Å². The molecule has 0 rings (SSSR count). The van der Waals surface area contributed by atoms with Crippen LogP contribution in [0.2, 0.25) is 39.3 Å². The number of hydrogen-bond acceptors (Lipinski definition) is 0. The molecule has 0 spiro atoms. The zero-order chi connectivity index (χ0) is 10.7. The Morgan fingerprint density at radius 2 is 1.46 bits per heavy atom. The van der Waals surface area contributed by atoms with Crippen molar-refractivity contribution in [3.05, 3.63) is 23.0 Å². The molecule has 0 nitrogen and oxygen atoms in total. The molecular weight excluding hydrogens is 188 g/mol. The van der Waals surface area contributed by atoms with Crippen molar-refractivity contribution in [2.75, 3.05) is 0 Å². The van der Waals surface area contributed by atoms with Crippen LogP contribution in [0.15, 0.2) is 17.3 Å². The van der Waals surface area contributed by atoms with E-state index in [4.69, 9.17) is 0 Å². The molecule has 0 atom stereocenters. The van der Waals surface area contributed by atoms with Crippen LogP contribution in [0.3, 0.4) is 0 Å². The van der Waals surface area contributed by atoms with Crippen molar-refractivity contribution >= 4 is 16.1 Å². The van der Waals surface area contributed by atoms with Gasteiger partial charge in [0.25, 0.3) is 0 Å². The first-order valence-electron chi connectivity index (χ1n) is 4.95. The second-order valence-electron chi connectivity index (χ2n) is 5.54. The largest absolute Gasteiger partial charge is 0.0878 e. The molecule has 13 heavy (non-hydrogen) atoms. The Hall–Kier alpha value is -0.0862. The molecule has 1 radical (unpaired) electrons. The lowest BCUT2D eigenvalue weighted by atomic mass is 10.5. The minimum Gasteiger partial charge on any atom is -0.0878 e. The molecule has 0 aromatic heterocycles. The molecule has 0 heterocycles. The van der Waals surface area contributed by atoms with Gasteiger partial charge in [0.1, 0.15) is 0 Å². The monoisotopic (exact) mass is 211 g/mol. The topological polar surface area (TPSA) is 0 Å². The average Bonchev–Trinajstić information content (AvgIpc) is 1.81. The maximum atomic E-state index is 3.73. The van der Waals surface area contributed by atoms with Crippen molar-refractivity contribution in [3.63, 3.8) is 0 Å². The van der Waals surface area contributed by atoms with Gasteiger partial charge in [-0.15, -0.1) is 0 Å². The molecule has 2 heteroatoms. The van der Waals surface area contributed by atoms with Gasteiger partial charge in [-0.25, -0.2) is 0 Å². The summed E-state index contributed by atoms with van der Waals surface area (Å²) in [6.07, 6.45) is 4.39. The fourth-order valence-corrected chi connectivity index (χ4v) is 5.23. The normalized spacial score (nSPS) is 15.5. The molecular formula is C11H23Si2. The number of allylic oxidation sites excluding steroid dienone is 3. The van der Waals surface area contributed by atoms with Crippen molar-refractivity contribution in [3.8, 4) is 0 Å². The lowest BCUT2D eigenvalue weighted by Crippen LogP contribution is -2.28. The molecule has 0 aliphatic heterocycles.